The molecule has 3 aromatic carbocycles. The molecular weight excluding hydrogens is 455 g/mol. The number of hydrogen-bond donors (Lipinski definition) is 1. The van der Waals surface area contributed by atoms with Crippen LogP contribution in [-0.4, -0.2) is 10.9 Å². The van der Waals surface area contributed by atoms with E-state index in [-0.39, 0.29) is 5.91 Å². The van der Waals surface area contributed by atoms with Gasteiger partial charge in [0.2, 0.25) is 0 Å². The molecule has 1 N–H and O–H groups in total. The number of amides is 1. The molecule has 0 aliphatic rings. The number of thiazole rings is 1. The van der Waals surface area contributed by atoms with Gasteiger partial charge in [-0.25, -0.2) is 4.98 Å². The van der Waals surface area contributed by atoms with Crippen molar-refractivity contribution in [3.63, 3.8) is 0 Å². The minimum absolute atomic E-state index is 0.226. The second-order valence-electron chi connectivity index (χ2n) is 6.79. The quantitative estimate of drug-likeness (QED) is 0.294. The molecule has 30 heavy (non-hydrogen) atoms. The molecule has 0 spiro atoms. The minimum Gasteiger partial charge on any atom is -0.321 e. The van der Waals surface area contributed by atoms with Crippen LogP contribution in [0, 0.1) is 0 Å². The summed E-state index contributed by atoms with van der Waals surface area (Å²) in [7, 11) is 0. The van der Waals surface area contributed by atoms with E-state index in [1.807, 2.05) is 54.6 Å². The summed E-state index contributed by atoms with van der Waals surface area (Å²) in [5, 5.41) is 5.91. The maximum absolute atomic E-state index is 12.7. The summed E-state index contributed by atoms with van der Waals surface area (Å²) in [5.74, 6) is -0.226. The van der Waals surface area contributed by atoms with E-state index < -0.39 is 0 Å². The summed E-state index contributed by atoms with van der Waals surface area (Å²) in [5.41, 5.74) is 2.89. The van der Waals surface area contributed by atoms with Crippen molar-refractivity contribution in [3.05, 3.63) is 92.2 Å². The number of thiophene rings is 1. The van der Waals surface area contributed by atoms with Crippen LogP contribution in [0.4, 0.5) is 5.69 Å². The van der Waals surface area contributed by atoms with Crippen molar-refractivity contribution in [2.24, 2.45) is 0 Å². The third-order valence-electron chi connectivity index (χ3n) is 4.70. The summed E-state index contributed by atoms with van der Waals surface area (Å²) in [6.07, 6.45) is 0.760. The number of carbonyl (C=O) groups is 1. The molecular formula is C23H14Cl2N2OS2. The number of carbonyl (C=O) groups excluding carboxylic acids is 1. The zero-order valence-electron chi connectivity index (χ0n) is 15.5. The topological polar surface area (TPSA) is 42.0 Å². The summed E-state index contributed by atoms with van der Waals surface area (Å²) >= 11 is 15.5. The van der Waals surface area contributed by atoms with E-state index in [1.165, 1.54) is 16.0 Å². The first-order chi connectivity index (χ1) is 14.6. The van der Waals surface area contributed by atoms with Crippen LogP contribution in [0.3, 0.4) is 0 Å². The van der Waals surface area contributed by atoms with Crippen molar-refractivity contribution in [2.75, 3.05) is 5.32 Å². The Labute approximate surface area is 190 Å². The molecule has 0 unspecified atom stereocenters. The first-order valence-corrected chi connectivity index (χ1v) is 11.6. The monoisotopic (exact) mass is 468 g/mol. The molecule has 3 nitrogen and oxygen atoms in total. The summed E-state index contributed by atoms with van der Waals surface area (Å²) in [6, 6.07) is 21.4. The lowest BCUT2D eigenvalue weighted by Crippen LogP contribution is -2.10. The molecule has 5 rings (SSSR count). The Morgan fingerprint density at radius 2 is 1.73 bits per heavy atom. The lowest BCUT2D eigenvalue weighted by atomic mass is 10.1. The van der Waals surface area contributed by atoms with Gasteiger partial charge in [-0.05, 0) is 42.0 Å². The molecule has 7 heteroatoms. The van der Waals surface area contributed by atoms with Crippen LogP contribution in [0.5, 0.6) is 0 Å². The van der Waals surface area contributed by atoms with Gasteiger partial charge in [-0.1, -0.05) is 53.5 Å². The fourth-order valence-electron chi connectivity index (χ4n) is 3.25. The van der Waals surface area contributed by atoms with Crippen molar-refractivity contribution < 1.29 is 4.79 Å². The Kier molecular flexibility index (Phi) is 5.21. The summed E-state index contributed by atoms with van der Waals surface area (Å²) < 4.78 is 2.08. The SMILES string of the molecule is O=C(Nc1ccc(Cc2nc3ccccc3s2)cc1)c1sc2cc(Cl)ccc2c1Cl. The van der Waals surface area contributed by atoms with E-state index in [0.29, 0.717) is 14.9 Å². The summed E-state index contributed by atoms with van der Waals surface area (Å²) in [6.45, 7) is 0. The van der Waals surface area contributed by atoms with Gasteiger partial charge < -0.3 is 5.32 Å². The number of hydrogen-bond acceptors (Lipinski definition) is 4. The molecule has 2 heterocycles. The number of aromatic nitrogens is 1. The van der Waals surface area contributed by atoms with Gasteiger partial charge in [-0.15, -0.1) is 22.7 Å². The number of nitrogens with one attached hydrogen (secondary N) is 1. The first kappa shape index (κ1) is 19.5. The van der Waals surface area contributed by atoms with Crippen LogP contribution >= 0.6 is 45.9 Å². The molecule has 0 saturated carbocycles. The smallest absolute Gasteiger partial charge is 0.267 e. The fraction of sp³-hybridized carbons (Fsp3) is 0.0435. The van der Waals surface area contributed by atoms with Gasteiger partial charge in [0.05, 0.1) is 20.2 Å². The second kappa shape index (κ2) is 8.00. The number of fused-ring (bicyclic) bond motifs is 2. The van der Waals surface area contributed by atoms with Crippen LogP contribution in [0.25, 0.3) is 20.3 Å². The van der Waals surface area contributed by atoms with Crippen molar-refractivity contribution in [2.45, 2.75) is 6.42 Å². The Morgan fingerprint density at radius 1 is 0.933 bits per heavy atom. The normalized spacial score (nSPS) is 11.3. The van der Waals surface area contributed by atoms with E-state index in [1.54, 1.807) is 17.4 Å². The average Bonchev–Trinajstić information content (AvgIpc) is 3.29. The average molecular weight is 469 g/mol. The molecule has 0 atom stereocenters. The van der Waals surface area contributed by atoms with Gasteiger partial charge in [-0.2, -0.15) is 0 Å². The Morgan fingerprint density at radius 3 is 2.53 bits per heavy atom. The lowest BCUT2D eigenvalue weighted by Gasteiger charge is -2.05. The highest BCUT2D eigenvalue weighted by Crippen LogP contribution is 2.37. The third-order valence-corrected chi connectivity index (χ3v) is 7.63. The Balaban J connectivity index is 1.32. The highest BCUT2D eigenvalue weighted by molar-refractivity contribution is 7.21. The highest BCUT2D eigenvalue weighted by atomic mass is 35.5. The molecule has 148 valence electrons. The molecule has 0 radical (unpaired) electrons. The molecule has 2 aromatic heterocycles. The van der Waals surface area contributed by atoms with Gasteiger partial charge in [0.25, 0.3) is 5.91 Å². The summed E-state index contributed by atoms with van der Waals surface area (Å²) in [4.78, 5) is 17.9. The maximum Gasteiger partial charge on any atom is 0.267 e. The Bertz CT molecular complexity index is 1360. The van der Waals surface area contributed by atoms with Crippen LogP contribution in [0.1, 0.15) is 20.2 Å². The lowest BCUT2D eigenvalue weighted by molar-refractivity contribution is 0.103. The fourth-order valence-corrected chi connectivity index (χ4v) is 5.94. The predicted molar refractivity (Wildman–Crippen MR) is 129 cm³/mol. The standard InChI is InChI=1S/C23H14Cl2N2OS2/c24-14-7-10-16-19(12-14)30-22(21(16)25)23(28)26-15-8-5-13(6-9-15)11-20-27-17-3-1-2-4-18(17)29-20/h1-10,12H,11H2,(H,26,28). The van der Waals surface area contributed by atoms with Crippen LogP contribution in [0.2, 0.25) is 10.0 Å². The van der Waals surface area contributed by atoms with Crippen molar-refractivity contribution >= 4 is 77.8 Å². The molecule has 0 aliphatic heterocycles. The van der Waals surface area contributed by atoms with Crippen molar-refractivity contribution in [1.29, 1.82) is 0 Å². The van der Waals surface area contributed by atoms with Gasteiger partial charge in [-0.3, -0.25) is 4.79 Å². The molecule has 1 amide bonds. The zero-order valence-corrected chi connectivity index (χ0v) is 18.6. The number of halogens is 2. The second-order valence-corrected chi connectivity index (χ2v) is 9.77. The van der Waals surface area contributed by atoms with E-state index in [4.69, 9.17) is 23.2 Å². The van der Waals surface area contributed by atoms with Gasteiger partial charge in [0.15, 0.2) is 0 Å². The first-order valence-electron chi connectivity index (χ1n) is 9.19. The maximum atomic E-state index is 12.7. The van der Waals surface area contributed by atoms with Crippen LogP contribution < -0.4 is 5.32 Å². The van der Waals surface area contributed by atoms with Crippen LogP contribution in [0.15, 0.2) is 66.7 Å². The van der Waals surface area contributed by atoms with Gasteiger partial charge in [0, 0.05) is 27.2 Å². The van der Waals surface area contributed by atoms with Crippen molar-refractivity contribution in [3.8, 4) is 0 Å². The third kappa shape index (κ3) is 3.82. The van der Waals surface area contributed by atoms with E-state index in [2.05, 4.69) is 16.4 Å². The largest absolute Gasteiger partial charge is 0.321 e. The highest BCUT2D eigenvalue weighted by Gasteiger charge is 2.17. The molecule has 0 saturated heterocycles. The van der Waals surface area contributed by atoms with Gasteiger partial charge >= 0.3 is 0 Å². The number of para-hydroxylation sites is 1. The number of nitrogens with zero attached hydrogens (tertiary/aromatic N) is 1. The van der Waals surface area contributed by atoms with E-state index >= 15 is 0 Å². The molecule has 0 aliphatic carbocycles. The zero-order chi connectivity index (χ0) is 20.7. The molecule has 5 aromatic rings. The predicted octanol–water partition coefficient (Wildman–Crippen LogP) is 7.66. The van der Waals surface area contributed by atoms with Crippen LogP contribution in [-0.2, 0) is 6.42 Å². The molecule has 0 bridgehead atoms. The van der Waals surface area contributed by atoms with E-state index in [9.17, 15) is 4.79 Å². The molecule has 0 fully saturated rings. The minimum atomic E-state index is -0.226. The number of rotatable bonds is 4. The van der Waals surface area contributed by atoms with Crippen molar-refractivity contribution in [1.82, 2.24) is 4.98 Å². The van der Waals surface area contributed by atoms with Gasteiger partial charge in [0.1, 0.15) is 4.88 Å². The van der Waals surface area contributed by atoms with E-state index in [0.717, 1.165) is 38.3 Å². The number of benzene rings is 3. The Hall–Kier alpha value is -2.44. The number of anilines is 1.